The molecule has 1 amide bonds. The Hall–Kier alpha value is -3.81. The van der Waals surface area contributed by atoms with Gasteiger partial charge in [-0.25, -0.2) is 19.0 Å². The topological polar surface area (TPSA) is 67.2 Å². The van der Waals surface area contributed by atoms with Gasteiger partial charge in [-0.3, -0.25) is 4.79 Å². The Kier molecular flexibility index (Phi) is 6.44. The number of nitrogens with zero attached hydrogens (tertiary/aromatic N) is 6. The van der Waals surface area contributed by atoms with E-state index in [0.29, 0.717) is 31.1 Å². The van der Waals surface area contributed by atoms with Crippen molar-refractivity contribution in [1.82, 2.24) is 24.6 Å². The predicted molar refractivity (Wildman–Crippen MR) is 134 cm³/mol. The van der Waals surface area contributed by atoms with Crippen LogP contribution in [0.15, 0.2) is 60.8 Å². The van der Waals surface area contributed by atoms with Crippen molar-refractivity contribution in [2.75, 3.05) is 31.1 Å². The van der Waals surface area contributed by atoms with Gasteiger partial charge in [0.25, 0.3) is 5.91 Å². The van der Waals surface area contributed by atoms with E-state index in [0.717, 1.165) is 47.7 Å². The van der Waals surface area contributed by atoms with Crippen LogP contribution in [0.1, 0.15) is 36.5 Å². The van der Waals surface area contributed by atoms with E-state index in [1.807, 2.05) is 41.2 Å². The van der Waals surface area contributed by atoms with Crippen LogP contribution in [-0.2, 0) is 6.42 Å². The van der Waals surface area contributed by atoms with Crippen molar-refractivity contribution < 1.29 is 9.18 Å². The average Bonchev–Trinajstić information content (AvgIpc) is 3.12. The molecule has 0 radical (unpaired) electrons. The Morgan fingerprint density at radius 2 is 1.83 bits per heavy atom. The van der Waals surface area contributed by atoms with Crippen LogP contribution in [0.3, 0.4) is 0 Å². The number of aromatic nitrogens is 4. The Balaban J connectivity index is 1.47. The highest BCUT2D eigenvalue weighted by molar-refractivity contribution is 5.94. The molecule has 0 saturated carbocycles. The van der Waals surface area contributed by atoms with Crippen LogP contribution >= 0.6 is 0 Å². The number of amides is 1. The summed E-state index contributed by atoms with van der Waals surface area (Å²) in [4.78, 5) is 26.9. The number of rotatable bonds is 5. The smallest absolute Gasteiger partial charge is 0.254 e. The number of halogens is 1. The maximum atomic E-state index is 13.7. The first-order valence-electron chi connectivity index (χ1n) is 12.1. The van der Waals surface area contributed by atoms with Crippen molar-refractivity contribution >= 4 is 22.8 Å². The van der Waals surface area contributed by atoms with Crippen LogP contribution in [0.4, 0.5) is 10.2 Å². The molecule has 2 aromatic heterocycles. The molecule has 180 valence electrons. The van der Waals surface area contributed by atoms with Crippen LogP contribution in [0.2, 0.25) is 0 Å². The number of carbonyl (C=O) groups is 1. The van der Waals surface area contributed by atoms with Gasteiger partial charge in [-0.05, 0) is 42.7 Å². The normalized spacial score (nSPS) is 14.5. The minimum atomic E-state index is -0.399. The van der Waals surface area contributed by atoms with Crippen LogP contribution in [0.25, 0.3) is 16.7 Å². The van der Waals surface area contributed by atoms with E-state index >= 15 is 0 Å². The van der Waals surface area contributed by atoms with Gasteiger partial charge in [-0.1, -0.05) is 38.1 Å². The molecule has 7 nitrogen and oxygen atoms in total. The number of benzene rings is 2. The lowest BCUT2D eigenvalue weighted by Gasteiger charge is -2.24. The van der Waals surface area contributed by atoms with Crippen molar-refractivity contribution in [2.24, 2.45) is 5.92 Å². The lowest BCUT2D eigenvalue weighted by Crippen LogP contribution is -2.35. The minimum Gasteiger partial charge on any atom is -0.354 e. The van der Waals surface area contributed by atoms with E-state index in [9.17, 15) is 9.18 Å². The molecule has 1 saturated heterocycles. The van der Waals surface area contributed by atoms with E-state index in [1.165, 1.54) is 12.1 Å². The minimum absolute atomic E-state index is 0.142. The fraction of sp³-hybridized carbons (Fsp3) is 0.333. The van der Waals surface area contributed by atoms with Gasteiger partial charge in [-0.15, -0.1) is 0 Å². The first kappa shape index (κ1) is 23.0. The Morgan fingerprint density at radius 3 is 2.60 bits per heavy atom. The average molecular weight is 473 g/mol. The largest absolute Gasteiger partial charge is 0.354 e. The number of fused-ring (bicyclic) bond motifs is 1. The van der Waals surface area contributed by atoms with Crippen molar-refractivity contribution in [3.63, 3.8) is 0 Å². The standard InChI is InChI=1S/C27H29FN6O/c1-19(2)16-24-30-25(23-18-29-34(26(23)31-24)22-10-4-3-5-11-22)32-12-7-13-33(15-14-32)27(35)20-8-6-9-21(28)17-20/h3-6,8-11,17-19H,7,12-16H2,1-2H3. The summed E-state index contributed by atoms with van der Waals surface area (Å²) in [5.74, 6) is 1.52. The van der Waals surface area contributed by atoms with Crippen molar-refractivity contribution in [3.05, 3.63) is 78.0 Å². The molecule has 8 heteroatoms. The molecule has 0 unspecified atom stereocenters. The second-order valence-electron chi connectivity index (χ2n) is 9.33. The van der Waals surface area contributed by atoms with Gasteiger partial charge >= 0.3 is 0 Å². The molecule has 3 heterocycles. The highest BCUT2D eigenvalue weighted by atomic mass is 19.1. The maximum absolute atomic E-state index is 13.7. The van der Waals surface area contributed by atoms with Crippen molar-refractivity contribution in [3.8, 4) is 5.69 Å². The molecule has 0 N–H and O–H groups in total. The molecular weight excluding hydrogens is 443 g/mol. The van der Waals surface area contributed by atoms with Crippen LogP contribution < -0.4 is 4.90 Å². The van der Waals surface area contributed by atoms with E-state index in [2.05, 4.69) is 23.8 Å². The summed E-state index contributed by atoms with van der Waals surface area (Å²) in [6, 6.07) is 15.9. The summed E-state index contributed by atoms with van der Waals surface area (Å²) in [5.41, 5.74) is 2.12. The summed E-state index contributed by atoms with van der Waals surface area (Å²) in [6.07, 6.45) is 3.39. The quantitative estimate of drug-likeness (QED) is 0.428. The van der Waals surface area contributed by atoms with Gasteiger partial charge in [-0.2, -0.15) is 5.10 Å². The monoisotopic (exact) mass is 472 g/mol. The molecule has 2 aromatic carbocycles. The van der Waals surface area contributed by atoms with Gasteiger partial charge in [0.05, 0.1) is 17.3 Å². The maximum Gasteiger partial charge on any atom is 0.254 e. The summed E-state index contributed by atoms with van der Waals surface area (Å²) >= 11 is 0. The zero-order valence-electron chi connectivity index (χ0n) is 20.1. The van der Waals surface area contributed by atoms with Gasteiger partial charge < -0.3 is 9.80 Å². The van der Waals surface area contributed by atoms with Gasteiger partial charge in [0.1, 0.15) is 17.5 Å². The van der Waals surface area contributed by atoms with Crippen molar-refractivity contribution in [1.29, 1.82) is 0 Å². The Morgan fingerprint density at radius 1 is 1.00 bits per heavy atom. The van der Waals surface area contributed by atoms with E-state index < -0.39 is 5.82 Å². The van der Waals surface area contributed by atoms with Crippen molar-refractivity contribution in [2.45, 2.75) is 26.7 Å². The van der Waals surface area contributed by atoms with Gasteiger partial charge in [0, 0.05) is 38.2 Å². The summed E-state index contributed by atoms with van der Waals surface area (Å²) in [5, 5.41) is 5.54. The third-order valence-electron chi connectivity index (χ3n) is 6.20. The molecule has 1 aliphatic rings. The van der Waals surface area contributed by atoms with Crippen LogP contribution in [0, 0.1) is 11.7 Å². The number of hydrogen-bond acceptors (Lipinski definition) is 5. The summed E-state index contributed by atoms with van der Waals surface area (Å²) in [7, 11) is 0. The number of para-hydroxylation sites is 1. The molecule has 0 aliphatic carbocycles. The molecule has 5 rings (SSSR count). The number of hydrogen-bond donors (Lipinski definition) is 0. The second kappa shape index (κ2) is 9.82. The Labute approximate surface area is 204 Å². The van der Waals surface area contributed by atoms with Gasteiger partial charge in [0.2, 0.25) is 0 Å². The number of carbonyl (C=O) groups excluding carboxylic acids is 1. The summed E-state index contributed by atoms with van der Waals surface area (Å²) in [6.45, 7) is 6.85. The zero-order valence-corrected chi connectivity index (χ0v) is 20.1. The fourth-order valence-corrected chi connectivity index (χ4v) is 4.53. The lowest BCUT2D eigenvalue weighted by atomic mass is 10.1. The first-order valence-corrected chi connectivity index (χ1v) is 12.1. The number of anilines is 1. The molecule has 0 bridgehead atoms. The molecule has 4 aromatic rings. The third-order valence-corrected chi connectivity index (χ3v) is 6.20. The van der Waals surface area contributed by atoms with Crippen LogP contribution in [0.5, 0.6) is 0 Å². The SMILES string of the molecule is CC(C)Cc1nc(N2CCCN(C(=O)c3cccc(F)c3)CC2)c2cnn(-c3ccccc3)c2n1. The van der Waals surface area contributed by atoms with Crippen LogP contribution in [-0.4, -0.2) is 56.7 Å². The third kappa shape index (κ3) is 4.87. The highest BCUT2D eigenvalue weighted by Gasteiger charge is 2.24. The molecule has 1 fully saturated rings. The van der Waals surface area contributed by atoms with E-state index in [-0.39, 0.29) is 5.91 Å². The predicted octanol–water partition coefficient (Wildman–Crippen LogP) is 4.51. The molecule has 35 heavy (non-hydrogen) atoms. The summed E-state index contributed by atoms with van der Waals surface area (Å²) < 4.78 is 15.5. The molecule has 0 spiro atoms. The van der Waals surface area contributed by atoms with E-state index in [4.69, 9.17) is 9.97 Å². The molecular formula is C27H29FN6O. The second-order valence-corrected chi connectivity index (χ2v) is 9.33. The van der Waals surface area contributed by atoms with E-state index in [1.54, 1.807) is 17.0 Å². The van der Waals surface area contributed by atoms with Gasteiger partial charge in [0.15, 0.2) is 5.65 Å². The molecule has 1 aliphatic heterocycles. The lowest BCUT2D eigenvalue weighted by molar-refractivity contribution is 0.0766. The highest BCUT2D eigenvalue weighted by Crippen LogP contribution is 2.27. The zero-order chi connectivity index (χ0) is 24.4. The fourth-order valence-electron chi connectivity index (χ4n) is 4.53. The Bertz CT molecular complexity index is 1340. The molecule has 0 atom stereocenters. The first-order chi connectivity index (χ1) is 17.0.